The van der Waals surface area contributed by atoms with Gasteiger partial charge in [0.2, 0.25) is 0 Å². The molecular weight excluding hydrogens is 775 g/mol. The summed E-state index contributed by atoms with van der Waals surface area (Å²) in [4.78, 5) is 0. The van der Waals surface area contributed by atoms with Gasteiger partial charge >= 0.3 is 321 Å². The van der Waals surface area contributed by atoms with Crippen LogP contribution in [0.15, 0.2) is 131 Å². The van der Waals surface area contributed by atoms with Crippen LogP contribution in [0.1, 0.15) is 96.1 Å². The second-order valence-corrected chi connectivity index (χ2v) is 24.2. The van der Waals surface area contributed by atoms with Crippen molar-refractivity contribution in [2.24, 2.45) is 0 Å². The monoisotopic (exact) mass is 824 g/mol. The van der Waals surface area contributed by atoms with Gasteiger partial charge in [-0.05, 0) is 0 Å². The van der Waals surface area contributed by atoms with Crippen molar-refractivity contribution in [3.8, 4) is 11.1 Å². The first-order valence-electron chi connectivity index (χ1n) is 19.2. The summed E-state index contributed by atoms with van der Waals surface area (Å²) in [6, 6.07) is 42.4. The van der Waals surface area contributed by atoms with Crippen molar-refractivity contribution in [1.82, 2.24) is 0 Å². The van der Waals surface area contributed by atoms with E-state index in [1.54, 1.807) is 17.6 Å². The molecule has 2 aliphatic rings. The van der Waals surface area contributed by atoms with Crippen LogP contribution in [0.3, 0.4) is 0 Å². The maximum Gasteiger partial charge on any atom is -1.00 e. The van der Waals surface area contributed by atoms with Gasteiger partial charge in [0.15, 0.2) is 0 Å². The number of benzene rings is 6. The molecule has 0 spiro atoms. The zero-order chi connectivity index (χ0) is 36.4. The minimum Gasteiger partial charge on any atom is -1.00 e. The van der Waals surface area contributed by atoms with Crippen LogP contribution in [0.4, 0.5) is 0 Å². The third-order valence-electron chi connectivity index (χ3n) is 11.7. The quantitative estimate of drug-likeness (QED) is 0.164. The van der Waals surface area contributed by atoms with Crippen molar-refractivity contribution in [1.29, 1.82) is 0 Å². The molecule has 0 N–H and O–H groups in total. The number of hydrogen-bond acceptors (Lipinski definition) is 0. The molecule has 3 heteroatoms. The SMILES string of the molecule is Cc1cc2c(cc1C(C)(C)C)-c1cc(C(C)(C)C)c(C)cc1[CH]2[Zr+2]([C]1=CC=CC1)=[C](Cc1cccc2ccccc12)Cc1cccc2ccccc12.[Cl-].[Cl-]. The Hall–Kier alpha value is -3.35. The summed E-state index contributed by atoms with van der Waals surface area (Å²) >= 11 is -2.75. The average molecular weight is 827 g/mol. The smallest absolute Gasteiger partial charge is 1.00 e. The Bertz CT molecular complexity index is 2320. The standard InChI is InChI=1S/C23H18.C23H29.C5H5.2ClH.Zr/c1-3-16-22-18(8-1)10-5-12-20(22)14-7-15-21-13-6-11-19-9-2-4-17-23(19)21;1-14-9-16-11-17-10-15(2)21(23(6,7)8)13-19(17)18(16)12-20(14)22(3,4)5;1-2-4-5-3-1;;;/h1-6,8-13,16-17H,14-15H2;9-13H,1-8H3;1-3H,4H2;2*1H;/q;;;;;+2/p-2. The van der Waals surface area contributed by atoms with Gasteiger partial charge in [0.05, 0.1) is 0 Å². The molecule has 0 unspecified atom stereocenters. The van der Waals surface area contributed by atoms with Crippen LogP contribution in [0.5, 0.6) is 0 Å². The molecule has 0 bridgehead atoms. The maximum absolute atomic E-state index is 2.75. The van der Waals surface area contributed by atoms with Crippen molar-refractivity contribution in [3.63, 3.8) is 0 Å². The molecule has 0 aliphatic heterocycles. The fourth-order valence-corrected chi connectivity index (χ4v) is 18.5. The molecule has 0 fully saturated rings. The van der Waals surface area contributed by atoms with Gasteiger partial charge in [0.25, 0.3) is 0 Å². The molecule has 6 aromatic rings. The summed E-state index contributed by atoms with van der Waals surface area (Å²) in [7, 11) is 0. The van der Waals surface area contributed by atoms with Crippen LogP contribution >= 0.6 is 0 Å². The van der Waals surface area contributed by atoms with E-state index in [0.29, 0.717) is 3.63 Å². The van der Waals surface area contributed by atoms with E-state index in [2.05, 4.69) is 183 Å². The van der Waals surface area contributed by atoms with E-state index in [4.69, 9.17) is 0 Å². The topological polar surface area (TPSA) is 0 Å². The zero-order valence-corrected chi connectivity index (χ0v) is 37.0. The van der Waals surface area contributed by atoms with E-state index in [9.17, 15) is 0 Å². The van der Waals surface area contributed by atoms with Crippen LogP contribution in [-0.4, -0.2) is 3.21 Å². The van der Waals surface area contributed by atoms with Crippen LogP contribution in [0, 0.1) is 13.8 Å². The predicted molar refractivity (Wildman–Crippen MR) is 223 cm³/mol. The third-order valence-corrected chi connectivity index (χ3v) is 20.0. The second-order valence-electron chi connectivity index (χ2n) is 17.4. The summed E-state index contributed by atoms with van der Waals surface area (Å²) in [6.45, 7) is 19.0. The van der Waals surface area contributed by atoms with Gasteiger partial charge in [-0.25, -0.2) is 0 Å². The summed E-state index contributed by atoms with van der Waals surface area (Å²) < 4.78 is 3.96. The Labute approximate surface area is 343 Å². The Kier molecular flexibility index (Phi) is 11.7. The van der Waals surface area contributed by atoms with Crippen LogP contribution < -0.4 is 24.8 Å². The molecule has 6 aromatic carbocycles. The molecule has 274 valence electrons. The number of aryl methyl sites for hydroxylation is 2. The number of allylic oxidation sites excluding steroid dienone is 4. The van der Waals surface area contributed by atoms with Gasteiger partial charge in [0.1, 0.15) is 0 Å². The molecule has 0 amide bonds. The molecule has 0 saturated carbocycles. The first-order valence-corrected chi connectivity index (χ1v) is 23.1. The first kappa shape index (κ1) is 40.3. The van der Waals surface area contributed by atoms with Crippen molar-refractivity contribution >= 4 is 24.8 Å². The van der Waals surface area contributed by atoms with E-state index in [1.807, 2.05) is 0 Å². The molecule has 2 aliphatic carbocycles. The number of halogens is 2. The molecule has 54 heavy (non-hydrogen) atoms. The molecule has 0 aromatic heterocycles. The minimum absolute atomic E-state index is 0. The first-order chi connectivity index (χ1) is 24.9. The molecule has 0 nitrogen and oxygen atoms in total. The van der Waals surface area contributed by atoms with Crippen LogP contribution in [-0.2, 0) is 44.9 Å². The van der Waals surface area contributed by atoms with Gasteiger partial charge in [-0.3, -0.25) is 0 Å². The van der Waals surface area contributed by atoms with Gasteiger partial charge in [-0.15, -0.1) is 0 Å². The summed E-state index contributed by atoms with van der Waals surface area (Å²) in [5, 5.41) is 5.46. The van der Waals surface area contributed by atoms with Gasteiger partial charge in [-0.1, -0.05) is 0 Å². The third kappa shape index (κ3) is 7.47. The largest absolute Gasteiger partial charge is 1.00 e. The molecule has 0 saturated heterocycles. The van der Waals surface area contributed by atoms with Gasteiger partial charge in [0, 0.05) is 0 Å². The fourth-order valence-electron chi connectivity index (χ4n) is 9.37. The van der Waals surface area contributed by atoms with E-state index < -0.39 is 21.3 Å². The van der Waals surface area contributed by atoms with Gasteiger partial charge in [-0.2, -0.15) is 0 Å². The minimum atomic E-state index is -2.75. The Morgan fingerprint density at radius 3 is 1.46 bits per heavy atom. The predicted octanol–water partition coefficient (Wildman–Crippen LogP) is 7.40. The molecule has 8 rings (SSSR count). The van der Waals surface area contributed by atoms with E-state index in [-0.39, 0.29) is 35.6 Å². The Balaban J connectivity index is 0.00000249. The van der Waals surface area contributed by atoms with E-state index >= 15 is 0 Å². The second kappa shape index (κ2) is 15.7. The van der Waals surface area contributed by atoms with Crippen molar-refractivity contribution < 1.29 is 46.1 Å². The van der Waals surface area contributed by atoms with Crippen molar-refractivity contribution in [2.45, 2.75) is 89.1 Å². The Morgan fingerprint density at radius 1 is 0.593 bits per heavy atom. The fraction of sp³-hybridized carbons (Fsp3) is 0.275. The number of hydrogen-bond donors (Lipinski definition) is 0. The van der Waals surface area contributed by atoms with E-state index in [1.165, 1.54) is 66.1 Å². The zero-order valence-electron chi connectivity index (χ0n) is 33.1. The number of rotatable bonds is 6. The number of fused-ring (bicyclic) bond motifs is 5. The molecular formula is C51H52Cl2Zr. The van der Waals surface area contributed by atoms with Crippen molar-refractivity contribution in [2.75, 3.05) is 0 Å². The van der Waals surface area contributed by atoms with Crippen LogP contribution in [0.25, 0.3) is 32.7 Å². The maximum atomic E-state index is 2.63. The van der Waals surface area contributed by atoms with Gasteiger partial charge < -0.3 is 24.8 Å². The van der Waals surface area contributed by atoms with Crippen molar-refractivity contribution in [3.05, 3.63) is 175 Å². The normalized spacial score (nSPS) is 13.5. The summed E-state index contributed by atoms with van der Waals surface area (Å²) in [5.41, 5.74) is 15.0. The molecule has 0 radical (unpaired) electrons. The molecule has 0 atom stereocenters. The van der Waals surface area contributed by atoms with Crippen LogP contribution in [0.2, 0.25) is 0 Å². The Morgan fingerprint density at radius 2 is 1.04 bits per heavy atom. The summed E-state index contributed by atoms with van der Waals surface area (Å²) in [6.07, 6.45) is 10.4. The average Bonchev–Trinajstić information content (AvgIpc) is 3.74. The molecule has 0 heterocycles. The summed E-state index contributed by atoms with van der Waals surface area (Å²) in [5.74, 6) is 0. The van der Waals surface area contributed by atoms with E-state index in [0.717, 1.165) is 19.3 Å².